The van der Waals surface area contributed by atoms with Crippen molar-refractivity contribution in [1.29, 1.82) is 0 Å². The largest absolute Gasteiger partial charge is 0.462 e. The fourth-order valence-electron chi connectivity index (χ4n) is 11.0. The smallest absolute Gasteiger partial charge is 0.308 e. The number of nitrogens with zero attached hydrogens (tertiary/aromatic N) is 2. The van der Waals surface area contributed by atoms with Gasteiger partial charge in [0.25, 0.3) is 0 Å². The van der Waals surface area contributed by atoms with Crippen LogP contribution in [0.3, 0.4) is 0 Å². The number of rotatable bonds is 8. The molecule has 0 saturated carbocycles. The number of nitrogens with one attached hydrogen (secondary N) is 1. The lowest BCUT2D eigenvalue weighted by Crippen LogP contribution is -2.69. The molecule has 5 aliphatic rings. The van der Waals surface area contributed by atoms with Crippen LogP contribution in [0.15, 0.2) is 85.1 Å². The van der Waals surface area contributed by atoms with E-state index >= 15 is 0 Å². The summed E-state index contributed by atoms with van der Waals surface area (Å²) >= 11 is 0. The van der Waals surface area contributed by atoms with Crippen LogP contribution >= 0.6 is 0 Å². The molecule has 4 fully saturated rings. The molecule has 4 saturated heterocycles. The summed E-state index contributed by atoms with van der Waals surface area (Å²) in [6.45, 7) is 7.01. The minimum atomic E-state index is -2.47. The molecule has 0 aromatic carbocycles. The summed E-state index contributed by atoms with van der Waals surface area (Å²) in [5.41, 5.74) is 0. The Morgan fingerprint density at radius 1 is 0.655 bits per heavy atom. The summed E-state index contributed by atoms with van der Waals surface area (Å²) in [4.78, 5) is 30.9. The maximum Gasteiger partial charge on any atom is 0.308 e. The van der Waals surface area contributed by atoms with Crippen molar-refractivity contribution in [3.05, 3.63) is 85.1 Å². The minimum Gasteiger partial charge on any atom is -0.462 e. The highest BCUT2D eigenvalue weighted by molar-refractivity contribution is 5.80. The van der Waals surface area contributed by atoms with Crippen LogP contribution in [-0.2, 0) is 33.3 Å². The van der Waals surface area contributed by atoms with Crippen molar-refractivity contribution in [2.45, 2.75) is 201 Å². The molecule has 84 heavy (non-hydrogen) atoms. The highest BCUT2D eigenvalue weighted by Crippen LogP contribution is 2.39. The number of cyclic esters (lactones) is 1. The van der Waals surface area contributed by atoms with Crippen LogP contribution in [0.4, 0.5) is 0 Å². The van der Waals surface area contributed by atoms with Gasteiger partial charge in [0.1, 0.15) is 30.5 Å². The van der Waals surface area contributed by atoms with Crippen LogP contribution in [0.25, 0.3) is 0 Å². The quantitative estimate of drug-likeness (QED) is 0.109. The molecule has 0 aliphatic carbocycles. The number of aliphatic hydroxyl groups excluding tert-OH is 13. The number of piperazine rings is 1. The number of aliphatic hydroxyl groups is 15. The van der Waals surface area contributed by atoms with E-state index in [1.165, 1.54) is 17.9 Å². The number of carbonyl (C=O) groups is 2. The molecule has 0 aromatic heterocycles. The molecular formula is C59H95N3O22. The zero-order valence-corrected chi connectivity index (χ0v) is 48.5. The predicted octanol–water partition coefficient (Wildman–Crippen LogP) is -2.80. The fourth-order valence-corrected chi connectivity index (χ4v) is 11.0. The van der Waals surface area contributed by atoms with Crippen molar-refractivity contribution < 1.29 is 110 Å². The molecule has 0 spiro atoms. The second-order valence-electron chi connectivity index (χ2n) is 23.1. The maximum absolute atomic E-state index is 14.6. The third-order valence-corrected chi connectivity index (χ3v) is 16.3. The van der Waals surface area contributed by atoms with Gasteiger partial charge in [-0.15, -0.1) is 0 Å². The number of allylic oxidation sites excluding steroid dienone is 12. The van der Waals surface area contributed by atoms with Gasteiger partial charge in [-0.25, -0.2) is 0 Å². The van der Waals surface area contributed by atoms with Gasteiger partial charge in [-0.3, -0.25) is 14.5 Å². The lowest BCUT2D eigenvalue weighted by molar-refractivity contribution is -0.323. The number of hydrogen-bond donors (Lipinski definition) is 16. The first-order valence-electron chi connectivity index (χ1n) is 29.2. The molecule has 478 valence electrons. The molecule has 2 bridgehead atoms. The molecule has 5 rings (SSSR count). The molecular weight excluding hydrogens is 1100 g/mol. The van der Waals surface area contributed by atoms with Gasteiger partial charge in [0.2, 0.25) is 11.7 Å². The van der Waals surface area contributed by atoms with Gasteiger partial charge in [0, 0.05) is 70.2 Å². The number of carbonyl (C=O) groups excluding carboxylic acids is 2. The number of fused-ring (bicyclic) bond motifs is 2. The van der Waals surface area contributed by atoms with Crippen LogP contribution < -0.4 is 5.32 Å². The Labute approximate surface area is 491 Å². The van der Waals surface area contributed by atoms with E-state index in [-0.39, 0.29) is 51.3 Å². The minimum absolute atomic E-state index is 0.0956. The Balaban J connectivity index is 1.44. The lowest BCUT2D eigenvalue weighted by atomic mass is 9.81. The average Bonchev–Trinajstić information content (AvgIpc) is 1.83. The van der Waals surface area contributed by atoms with Gasteiger partial charge in [0.15, 0.2) is 12.1 Å². The van der Waals surface area contributed by atoms with Gasteiger partial charge in [-0.2, -0.15) is 0 Å². The van der Waals surface area contributed by atoms with E-state index in [9.17, 15) is 86.2 Å². The molecule has 25 nitrogen and oxygen atoms in total. The number of amides is 1. The van der Waals surface area contributed by atoms with Gasteiger partial charge < -0.3 is 110 Å². The monoisotopic (exact) mass is 1200 g/mol. The Morgan fingerprint density at radius 2 is 1.26 bits per heavy atom. The zero-order chi connectivity index (χ0) is 61.9. The highest BCUT2D eigenvalue weighted by atomic mass is 16.7. The van der Waals surface area contributed by atoms with E-state index in [1.54, 1.807) is 86.8 Å². The molecule has 5 heterocycles. The molecule has 5 aliphatic heterocycles. The van der Waals surface area contributed by atoms with Crippen molar-refractivity contribution >= 4 is 11.9 Å². The van der Waals surface area contributed by atoms with Gasteiger partial charge in [-0.05, 0) is 33.1 Å². The maximum atomic E-state index is 14.6. The number of esters is 1. The Bertz CT molecular complexity index is 2210. The summed E-state index contributed by atoms with van der Waals surface area (Å²) in [7, 11) is 0. The summed E-state index contributed by atoms with van der Waals surface area (Å²) in [5.74, 6) is -8.28. The van der Waals surface area contributed by atoms with Crippen LogP contribution in [0.1, 0.15) is 79.1 Å². The van der Waals surface area contributed by atoms with Gasteiger partial charge in [0.05, 0.1) is 105 Å². The van der Waals surface area contributed by atoms with Crippen molar-refractivity contribution in [2.75, 3.05) is 52.5 Å². The molecule has 0 radical (unpaired) electrons. The van der Waals surface area contributed by atoms with Crippen LogP contribution in [-0.4, -0.2) is 272 Å². The molecule has 1 amide bonds. The first-order chi connectivity index (χ1) is 39.8. The van der Waals surface area contributed by atoms with Crippen molar-refractivity contribution in [1.82, 2.24) is 15.1 Å². The Hall–Kier alpha value is -3.72. The van der Waals surface area contributed by atoms with E-state index < -0.39 is 184 Å². The van der Waals surface area contributed by atoms with Crippen LogP contribution in [0.5, 0.6) is 0 Å². The third kappa shape index (κ3) is 21.3. The third-order valence-electron chi connectivity index (χ3n) is 16.3. The second kappa shape index (κ2) is 34.1. The van der Waals surface area contributed by atoms with Crippen LogP contribution in [0, 0.1) is 17.8 Å². The van der Waals surface area contributed by atoms with E-state index in [0.29, 0.717) is 19.6 Å². The lowest BCUT2D eigenvalue weighted by Gasteiger charge is -2.48. The summed E-state index contributed by atoms with van der Waals surface area (Å²) in [6.07, 6.45) is -3.19. The normalized spacial score (nSPS) is 42.2. The predicted molar refractivity (Wildman–Crippen MR) is 302 cm³/mol. The Morgan fingerprint density at radius 3 is 1.88 bits per heavy atom. The van der Waals surface area contributed by atoms with Crippen molar-refractivity contribution in [3.63, 3.8) is 0 Å². The number of β-amino-alcohol motifs (C(OH)–C–C–N with tert-alkyl or cyclic N) is 1. The van der Waals surface area contributed by atoms with Crippen molar-refractivity contribution in [2.24, 2.45) is 17.8 Å². The zero-order valence-electron chi connectivity index (χ0n) is 48.5. The highest BCUT2D eigenvalue weighted by Gasteiger charge is 2.53. The summed E-state index contributed by atoms with van der Waals surface area (Å²) in [5, 5.41) is 167. The summed E-state index contributed by atoms with van der Waals surface area (Å²) < 4.78 is 29.6. The van der Waals surface area contributed by atoms with E-state index in [0.717, 1.165) is 0 Å². The number of ether oxygens (including phenoxy) is 5. The van der Waals surface area contributed by atoms with E-state index in [4.69, 9.17) is 23.7 Å². The average molecular weight is 1200 g/mol. The SMILES string of the molecule is C[C@@H]1[C@H](O)[C@@H](C)C=CC=CC=CC=CC=CC=CC=C[C@H](OC2O[C@H](C)[C@@H](O)[C@H](NC[C@@]3(O)OC[C@@H](O)[C@@H](O)[C@@H]3O)[C@@H]2O)CC2O[C@](O)(C[C@@H](O)C[C@@H](O)[C@H](O)CC[C@@H](O)C[C@@H](O)CC(=O)O[C@H]1C)C[C@H](O)C2C(=O)N1CCN(CCO)CC1. The fraction of sp³-hybridized carbons (Fsp3) is 0.729. The van der Waals surface area contributed by atoms with Crippen LogP contribution in [0.2, 0.25) is 0 Å². The molecule has 23 atom stereocenters. The molecule has 0 aromatic rings. The van der Waals surface area contributed by atoms with Crippen molar-refractivity contribution in [3.8, 4) is 0 Å². The topological polar surface area (TPSA) is 402 Å². The Kier molecular flexibility index (Phi) is 28.9. The standard InChI is InChI=1S/C59H95N3O22/c1-35-17-15-13-11-9-7-5-6-8-10-12-14-16-18-42(83-57-54(75)50(52(73)38(4)82-57)60-34-59(79)55(76)53(74)46(70)33-80-59)30-47-49(56(77)62-23-21-61(22-24-62)25-26-63)45(69)32-58(78,84-47)31-41(66)28-44(68)43(67)20-19-39(64)27-40(65)29-48(71)81-37(3)36(2)51(35)72/h5-18,35-47,49-55,57,60,63-70,72-76,78-79H,19-34H2,1-4H3/t35-,36-,37-,38+,39+,40+,41-,42-,43+,44+,45-,46+,47?,49?,50-,51+,52+,53+,54-,55-,57?,58+,59+/m0/s1. The van der Waals surface area contributed by atoms with Gasteiger partial charge in [-0.1, -0.05) is 98.9 Å². The molecule has 3 unspecified atom stereocenters. The van der Waals surface area contributed by atoms with E-state index in [1.807, 2.05) is 17.9 Å². The number of hydrogen-bond acceptors (Lipinski definition) is 24. The summed E-state index contributed by atoms with van der Waals surface area (Å²) in [6, 6.07) is -1.35. The molecule has 25 heteroatoms. The van der Waals surface area contributed by atoms with E-state index in [2.05, 4.69) is 5.32 Å². The van der Waals surface area contributed by atoms with Gasteiger partial charge >= 0.3 is 5.97 Å². The first-order valence-corrected chi connectivity index (χ1v) is 29.2. The first kappa shape index (κ1) is 71.0. The molecule has 16 N–H and O–H groups in total. The second-order valence-corrected chi connectivity index (χ2v) is 23.1.